The first kappa shape index (κ1) is 13.7. The fourth-order valence-electron chi connectivity index (χ4n) is 1.05. The van der Waals surface area contributed by atoms with Gasteiger partial charge in [0, 0.05) is 13.2 Å². The van der Waals surface area contributed by atoms with Gasteiger partial charge in [-0.3, -0.25) is 0 Å². The van der Waals surface area contributed by atoms with E-state index in [1.165, 1.54) is 5.57 Å². The van der Waals surface area contributed by atoms with Crippen molar-refractivity contribution in [3.63, 3.8) is 0 Å². The summed E-state index contributed by atoms with van der Waals surface area (Å²) in [6, 6.07) is 0. The van der Waals surface area contributed by atoms with Crippen LogP contribution < -0.4 is 5.32 Å². The largest absolute Gasteiger partial charge is 0.381 e. The Morgan fingerprint density at radius 2 is 2.07 bits per heavy atom. The second kappa shape index (κ2) is 9.22. The molecular weight excluding hydrogens is 174 g/mol. The van der Waals surface area contributed by atoms with Gasteiger partial charge in [0.25, 0.3) is 0 Å². The molecule has 0 amide bonds. The predicted octanol–water partition coefficient (Wildman–Crippen LogP) is 2.60. The summed E-state index contributed by atoms with van der Waals surface area (Å²) in [6.45, 7) is 14.1. The lowest BCUT2D eigenvalue weighted by Gasteiger charge is -2.07. The molecule has 0 rings (SSSR count). The van der Waals surface area contributed by atoms with Crippen molar-refractivity contribution in [2.75, 3.05) is 26.3 Å². The van der Waals surface area contributed by atoms with Crippen LogP contribution >= 0.6 is 0 Å². The van der Waals surface area contributed by atoms with Crippen LogP contribution in [-0.4, -0.2) is 26.3 Å². The van der Waals surface area contributed by atoms with Gasteiger partial charge < -0.3 is 10.1 Å². The van der Waals surface area contributed by atoms with E-state index in [9.17, 15) is 0 Å². The van der Waals surface area contributed by atoms with E-state index >= 15 is 0 Å². The van der Waals surface area contributed by atoms with Gasteiger partial charge in [-0.1, -0.05) is 19.4 Å². The van der Waals surface area contributed by atoms with Crippen LogP contribution in [0.4, 0.5) is 0 Å². The minimum atomic E-state index is 0.645. The Morgan fingerprint density at radius 3 is 2.64 bits per heavy atom. The minimum absolute atomic E-state index is 0.645. The topological polar surface area (TPSA) is 21.3 Å². The molecule has 2 nitrogen and oxygen atoms in total. The maximum Gasteiger partial charge on any atom is 0.0489 e. The minimum Gasteiger partial charge on any atom is -0.381 e. The summed E-state index contributed by atoms with van der Waals surface area (Å²) in [5.74, 6) is 0.645. The normalized spacial score (nSPS) is 10.9. The SMILES string of the molecule is C=C(C)CCNCCCOCC(C)C. The predicted molar refractivity (Wildman–Crippen MR) is 62.6 cm³/mol. The third-order valence-corrected chi connectivity index (χ3v) is 1.82. The fraction of sp³-hybridized carbons (Fsp3) is 0.833. The van der Waals surface area contributed by atoms with Crippen LogP contribution in [0.5, 0.6) is 0 Å². The lowest BCUT2D eigenvalue weighted by molar-refractivity contribution is 0.108. The van der Waals surface area contributed by atoms with Crippen molar-refractivity contribution in [1.82, 2.24) is 5.32 Å². The molecule has 0 aliphatic carbocycles. The Balaban J connectivity index is 2.96. The Hall–Kier alpha value is -0.340. The van der Waals surface area contributed by atoms with Crippen molar-refractivity contribution >= 4 is 0 Å². The van der Waals surface area contributed by atoms with Gasteiger partial charge >= 0.3 is 0 Å². The molecule has 0 saturated heterocycles. The maximum atomic E-state index is 5.47. The molecule has 0 radical (unpaired) electrons. The molecule has 0 saturated carbocycles. The smallest absolute Gasteiger partial charge is 0.0489 e. The highest BCUT2D eigenvalue weighted by Crippen LogP contribution is 1.94. The highest BCUT2D eigenvalue weighted by Gasteiger charge is 1.93. The van der Waals surface area contributed by atoms with Gasteiger partial charge in [0.15, 0.2) is 0 Å². The Morgan fingerprint density at radius 1 is 1.36 bits per heavy atom. The molecule has 0 aliphatic rings. The zero-order chi connectivity index (χ0) is 10.8. The van der Waals surface area contributed by atoms with Gasteiger partial charge in [0.05, 0.1) is 0 Å². The van der Waals surface area contributed by atoms with Crippen LogP contribution in [0, 0.1) is 5.92 Å². The summed E-state index contributed by atoms with van der Waals surface area (Å²) in [5, 5.41) is 3.36. The molecule has 0 unspecified atom stereocenters. The summed E-state index contributed by atoms with van der Waals surface area (Å²) in [7, 11) is 0. The second-order valence-corrected chi connectivity index (χ2v) is 4.28. The van der Waals surface area contributed by atoms with Gasteiger partial charge in [0.2, 0.25) is 0 Å². The number of hydrogen-bond donors (Lipinski definition) is 1. The van der Waals surface area contributed by atoms with Crippen molar-refractivity contribution in [3.05, 3.63) is 12.2 Å². The zero-order valence-electron chi connectivity index (χ0n) is 9.94. The molecule has 0 atom stereocenters. The van der Waals surface area contributed by atoms with E-state index in [0.717, 1.165) is 39.1 Å². The van der Waals surface area contributed by atoms with Gasteiger partial charge in [-0.15, -0.1) is 6.58 Å². The highest BCUT2D eigenvalue weighted by molar-refractivity contribution is 4.87. The molecule has 0 bridgehead atoms. The van der Waals surface area contributed by atoms with Gasteiger partial charge in [-0.2, -0.15) is 0 Å². The van der Waals surface area contributed by atoms with E-state index in [0.29, 0.717) is 5.92 Å². The lowest BCUT2D eigenvalue weighted by Crippen LogP contribution is -2.18. The van der Waals surface area contributed by atoms with Crippen LogP contribution in [0.2, 0.25) is 0 Å². The third kappa shape index (κ3) is 11.7. The van der Waals surface area contributed by atoms with Crippen LogP contribution in [0.25, 0.3) is 0 Å². The van der Waals surface area contributed by atoms with Crippen molar-refractivity contribution in [1.29, 1.82) is 0 Å². The van der Waals surface area contributed by atoms with Crippen LogP contribution in [0.15, 0.2) is 12.2 Å². The molecule has 0 heterocycles. The van der Waals surface area contributed by atoms with E-state index in [1.807, 2.05) is 0 Å². The first-order chi connectivity index (χ1) is 6.63. The van der Waals surface area contributed by atoms with E-state index in [4.69, 9.17) is 4.74 Å². The molecule has 2 heteroatoms. The Kier molecular flexibility index (Phi) is 9.00. The first-order valence-electron chi connectivity index (χ1n) is 5.55. The quantitative estimate of drug-likeness (QED) is 0.455. The van der Waals surface area contributed by atoms with Crippen LogP contribution in [-0.2, 0) is 4.74 Å². The van der Waals surface area contributed by atoms with Crippen molar-refractivity contribution in [2.24, 2.45) is 5.92 Å². The molecule has 0 spiro atoms. The fourth-order valence-corrected chi connectivity index (χ4v) is 1.05. The second-order valence-electron chi connectivity index (χ2n) is 4.28. The molecular formula is C12H25NO. The van der Waals surface area contributed by atoms with Gasteiger partial charge in [-0.25, -0.2) is 0 Å². The number of rotatable bonds is 9. The van der Waals surface area contributed by atoms with Gasteiger partial charge in [0.1, 0.15) is 0 Å². The highest BCUT2D eigenvalue weighted by atomic mass is 16.5. The Labute approximate surface area is 88.7 Å². The summed E-state index contributed by atoms with van der Waals surface area (Å²) in [4.78, 5) is 0. The number of ether oxygens (including phenoxy) is 1. The third-order valence-electron chi connectivity index (χ3n) is 1.82. The molecule has 14 heavy (non-hydrogen) atoms. The van der Waals surface area contributed by atoms with E-state index in [2.05, 4.69) is 32.7 Å². The standard InChI is InChI=1S/C12H25NO/c1-11(2)6-8-13-7-5-9-14-10-12(3)4/h12-13H,1,5-10H2,2-4H3. The maximum absolute atomic E-state index is 5.47. The first-order valence-corrected chi connectivity index (χ1v) is 5.55. The van der Waals surface area contributed by atoms with Gasteiger partial charge in [-0.05, 0) is 38.8 Å². The molecule has 0 fully saturated rings. The molecule has 0 aromatic heterocycles. The van der Waals surface area contributed by atoms with Crippen molar-refractivity contribution < 1.29 is 4.74 Å². The van der Waals surface area contributed by atoms with E-state index in [-0.39, 0.29) is 0 Å². The lowest BCUT2D eigenvalue weighted by atomic mass is 10.2. The van der Waals surface area contributed by atoms with E-state index < -0.39 is 0 Å². The Bertz CT molecular complexity index is 143. The van der Waals surface area contributed by atoms with Crippen LogP contribution in [0.1, 0.15) is 33.6 Å². The summed E-state index contributed by atoms with van der Waals surface area (Å²) >= 11 is 0. The van der Waals surface area contributed by atoms with Crippen LogP contribution in [0.3, 0.4) is 0 Å². The summed E-state index contributed by atoms with van der Waals surface area (Å²) < 4.78 is 5.47. The monoisotopic (exact) mass is 199 g/mol. The average molecular weight is 199 g/mol. The average Bonchev–Trinajstić information content (AvgIpc) is 2.08. The molecule has 0 aromatic carbocycles. The summed E-state index contributed by atoms with van der Waals surface area (Å²) in [6.07, 6.45) is 2.18. The van der Waals surface area contributed by atoms with E-state index in [1.54, 1.807) is 0 Å². The summed E-state index contributed by atoms with van der Waals surface area (Å²) in [5.41, 5.74) is 1.24. The van der Waals surface area contributed by atoms with Crippen molar-refractivity contribution in [3.8, 4) is 0 Å². The number of nitrogens with one attached hydrogen (secondary N) is 1. The molecule has 0 aliphatic heterocycles. The number of hydrogen-bond acceptors (Lipinski definition) is 2. The molecule has 0 aromatic rings. The molecule has 84 valence electrons. The zero-order valence-corrected chi connectivity index (χ0v) is 9.94. The molecule has 1 N–H and O–H groups in total. The van der Waals surface area contributed by atoms with Crippen molar-refractivity contribution in [2.45, 2.75) is 33.6 Å².